The van der Waals surface area contributed by atoms with Crippen LogP contribution in [0.3, 0.4) is 0 Å². The first-order chi connectivity index (χ1) is 30.8. The number of esters is 3. The van der Waals surface area contributed by atoms with Crippen LogP contribution in [0.4, 0.5) is 0 Å². The van der Waals surface area contributed by atoms with Crippen molar-refractivity contribution < 1.29 is 38.2 Å². The van der Waals surface area contributed by atoms with Gasteiger partial charge >= 0.3 is 29.3 Å². The van der Waals surface area contributed by atoms with Crippen molar-refractivity contribution in [3.05, 3.63) is 265 Å². The summed E-state index contributed by atoms with van der Waals surface area (Å²) in [6, 6.07) is 51.8. The molecule has 7 aromatic carbocycles. The molecule has 12 nitrogen and oxygen atoms in total. The quantitative estimate of drug-likeness (QED) is 0.0306. The molecule has 1 atom stereocenters. The number of benzene rings is 7. The molecule has 0 saturated heterocycles. The third kappa shape index (κ3) is 10.7. The summed E-state index contributed by atoms with van der Waals surface area (Å²) in [5, 5.41) is 3.54. The molecule has 0 aliphatic heterocycles. The van der Waals surface area contributed by atoms with E-state index in [0.717, 1.165) is 22.3 Å². The molecule has 308 valence electrons. The molecule has 0 radical (unpaired) electrons. The lowest BCUT2D eigenvalue weighted by molar-refractivity contribution is -0.00323. The Morgan fingerprint density at radius 3 is 1.05 bits per heavy atom. The summed E-state index contributed by atoms with van der Waals surface area (Å²) in [4.78, 5) is 47.5. The van der Waals surface area contributed by atoms with Crippen LogP contribution in [0.15, 0.2) is 187 Å². The Labute approximate surface area is 362 Å². The van der Waals surface area contributed by atoms with Gasteiger partial charge in [-0.1, -0.05) is 115 Å². The highest BCUT2D eigenvalue weighted by atomic mass is 16.5. The van der Waals surface area contributed by atoms with Gasteiger partial charge in [0.25, 0.3) is 0 Å². The van der Waals surface area contributed by atoms with E-state index in [-0.39, 0.29) is 36.5 Å². The minimum Gasteiger partial charge on any atom is -0.711 e. The lowest BCUT2D eigenvalue weighted by Crippen LogP contribution is -2.13. The van der Waals surface area contributed by atoms with Crippen molar-refractivity contribution in [1.29, 1.82) is 0 Å². The maximum absolute atomic E-state index is 13.5. The van der Waals surface area contributed by atoms with Gasteiger partial charge in [0.15, 0.2) is 0 Å². The number of carbonyl (C=O) groups excluding carboxylic acids is 3. The lowest BCUT2D eigenvalue weighted by atomic mass is 9.98. The zero-order valence-electron chi connectivity index (χ0n) is 33.7. The number of hydrogen-bond acceptors (Lipinski definition) is 7. The third-order valence-corrected chi connectivity index (χ3v) is 10.0. The van der Waals surface area contributed by atoms with Crippen LogP contribution in [0.25, 0.3) is 16.6 Å². The van der Waals surface area contributed by atoms with Crippen LogP contribution >= 0.6 is 0 Å². The monoisotopic (exact) mass is 829 g/mol. The lowest BCUT2D eigenvalue weighted by Gasteiger charge is -2.16. The Morgan fingerprint density at radius 2 is 0.714 bits per heavy atom. The molecule has 0 aliphatic rings. The molecule has 0 fully saturated rings. The minimum absolute atomic E-state index is 0.0848. The minimum atomic E-state index is -0.808. The molecule has 0 spiro atoms. The van der Waals surface area contributed by atoms with Crippen LogP contribution in [0.2, 0.25) is 0 Å². The van der Waals surface area contributed by atoms with Crippen molar-refractivity contribution in [3.8, 4) is 0 Å². The summed E-state index contributed by atoms with van der Waals surface area (Å²) in [5.74, 6) is -2.42. The van der Waals surface area contributed by atoms with Crippen LogP contribution in [-0.4, -0.2) is 38.9 Å². The summed E-state index contributed by atoms with van der Waals surface area (Å²) in [6.07, 6.45) is 0. The Kier molecular flexibility index (Phi) is 13.8. The van der Waals surface area contributed by atoms with E-state index < -0.39 is 23.9 Å². The fourth-order valence-corrected chi connectivity index (χ4v) is 6.71. The molecule has 0 heterocycles. The maximum atomic E-state index is 13.5. The van der Waals surface area contributed by atoms with Gasteiger partial charge in [0.05, 0.1) is 45.0 Å². The zero-order chi connectivity index (χ0) is 44.0. The van der Waals surface area contributed by atoms with Gasteiger partial charge in [-0.15, -0.1) is 0 Å². The second-order valence-corrected chi connectivity index (χ2v) is 14.2. The van der Waals surface area contributed by atoms with Crippen molar-refractivity contribution in [2.75, 3.05) is 0 Å². The van der Waals surface area contributed by atoms with Crippen LogP contribution in [0, 0.1) is 0 Å². The highest BCUT2D eigenvalue weighted by Crippen LogP contribution is 2.27. The van der Waals surface area contributed by atoms with Crippen LogP contribution in [-0.2, 0) is 34.0 Å². The Balaban J connectivity index is 1.06. The highest BCUT2D eigenvalue weighted by molar-refractivity contribution is 6.09. The molecule has 1 unspecified atom stereocenters. The summed E-state index contributed by atoms with van der Waals surface area (Å²) in [6.45, 7) is -0.415. The van der Waals surface area contributed by atoms with Crippen LogP contribution < -0.4 is 0 Å². The summed E-state index contributed by atoms with van der Waals surface area (Å²) < 4.78 is 16.9. The average Bonchev–Trinajstić information content (AvgIpc) is 3.34. The standard InChI is InChI=1S/C51H37N6O6/c52-55-46(37-10-4-1-5-11-37)40-22-16-34(17-23-40)31-61-49(58)43-28-44(50(59)62-32-35-18-24-41(25-19-35)47(56-53)38-12-6-2-7-13-38)30-45(29-43)51(60)63-33-36-20-26-42(27-21-36)48(57-54)39-14-8-3-9-15-39/h1-30,46H,31-33H2/q-1. The topological polar surface area (TPSA) is 186 Å². The van der Waals surface area contributed by atoms with Crippen molar-refractivity contribution in [2.24, 2.45) is 5.11 Å². The second-order valence-electron chi connectivity index (χ2n) is 14.2. The average molecular weight is 830 g/mol. The van der Waals surface area contributed by atoms with Gasteiger partial charge in [-0.05, 0) is 94.5 Å². The van der Waals surface area contributed by atoms with Crippen LogP contribution in [0.1, 0.15) is 87.2 Å². The largest absolute Gasteiger partial charge is 0.711 e. The van der Waals surface area contributed by atoms with E-state index in [1.807, 2.05) is 91.0 Å². The summed E-state index contributed by atoms with van der Waals surface area (Å²) >= 11 is 0. The first-order valence-corrected chi connectivity index (χ1v) is 19.7. The van der Waals surface area contributed by atoms with E-state index in [1.165, 1.54) is 18.2 Å². The maximum Gasteiger partial charge on any atom is 0.338 e. The van der Waals surface area contributed by atoms with Crippen molar-refractivity contribution in [1.82, 2.24) is 0 Å². The molecule has 0 aliphatic carbocycles. The molecule has 7 rings (SSSR count). The van der Waals surface area contributed by atoms with Gasteiger partial charge in [-0.2, -0.15) is 9.58 Å². The first kappa shape index (κ1) is 42.4. The second kappa shape index (κ2) is 20.5. The Hall–Kier alpha value is -8.69. The smallest absolute Gasteiger partial charge is 0.338 e. The Bertz CT molecular complexity index is 2700. The van der Waals surface area contributed by atoms with Crippen molar-refractivity contribution >= 4 is 29.3 Å². The molecule has 0 amide bonds. The molecule has 63 heavy (non-hydrogen) atoms. The van der Waals surface area contributed by atoms with Gasteiger partial charge in [0, 0.05) is 0 Å². The van der Waals surface area contributed by atoms with Gasteiger partial charge in [0.2, 0.25) is 0 Å². The molecular formula is C51H37N6O6-. The zero-order valence-corrected chi connectivity index (χ0v) is 33.7. The fourth-order valence-electron chi connectivity index (χ4n) is 6.71. The van der Waals surface area contributed by atoms with Crippen molar-refractivity contribution in [2.45, 2.75) is 25.9 Å². The van der Waals surface area contributed by atoms with Gasteiger partial charge < -0.3 is 35.9 Å². The SMILES string of the molecule is [N-]=NC(c1ccccc1)c1ccc(COC(=O)c2cc(C(=O)OCc3ccc(C(=[N+]=[N-])c4ccccc4)cc3)cc(C(=O)OCc3ccc(C(=[N+]=[N-])c4ccccc4)cc3)c2)cc1. The fraction of sp³-hybridized carbons (Fsp3) is 0.0784. The number of hydrogen-bond donors (Lipinski definition) is 0. The predicted octanol–water partition coefficient (Wildman–Crippen LogP) is 10.0. The molecule has 0 bridgehead atoms. The van der Waals surface area contributed by atoms with E-state index in [1.54, 1.807) is 72.8 Å². The van der Waals surface area contributed by atoms with Gasteiger partial charge in [-0.3, -0.25) is 0 Å². The van der Waals surface area contributed by atoms with Crippen LogP contribution in [0.5, 0.6) is 0 Å². The normalized spacial score (nSPS) is 10.9. The third-order valence-electron chi connectivity index (χ3n) is 10.0. The molecule has 0 saturated carbocycles. The first-order valence-electron chi connectivity index (χ1n) is 19.7. The highest BCUT2D eigenvalue weighted by Gasteiger charge is 2.21. The predicted molar refractivity (Wildman–Crippen MR) is 234 cm³/mol. The van der Waals surface area contributed by atoms with E-state index in [2.05, 4.69) is 14.7 Å². The van der Waals surface area contributed by atoms with Gasteiger partial charge in [0.1, 0.15) is 19.8 Å². The van der Waals surface area contributed by atoms with E-state index >= 15 is 0 Å². The number of ether oxygens (including phenoxy) is 3. The number of nitrogens with zero attached hydrogens (tertiary/aromatic N) is 6. The Morgan fingerprint density at radius 1 is 0.413 bits per heavy atom. The summed E-state index contributed by atoms with van der Waals surface area (Å²) in [7, 11) is 0. The van der Waals surface area contributed by atoms with E-state index in [9.17, 15) is 31.0 Å². The number of carbonyl (C=O) groups is 3. The number of rotatable bonds is 16. The summed E-state index contributed by atoms with van der Waals surface area (Å²) in [5.41, 5.74) is 35.8. The molecule has 12 heteroatoms. The molecule has 0 N–H and O–H groups in total. The molecule has 7 aromatic rings. The van der Waals surface area contributed by atoms with Gasteiger partial charge in [-0.25, -0.2) is 14.4 Å². The molecule has 0 aromatic heterocycles. The van der Waals surface area contributed by atoms with E-state index in [0.29, 0.717) is 39.2 Å². The van der Waals surface area contributed by atoms with E-state index in [4.69, 9.17) is 14.2 Å². The van der Waals surface area contributed by atoms with Crippen molar-refractivity contribution in [3.63, 3.8) is 0 Å². The molecular weight excluding hydrogens is 793 g/mol.